The molecule has 10 nitrogen and oxygen atoms in total. The van der Waals surface area contributed by atoms with Crippen molar-refractivity contribution in [2.45, 2.75) is 63.7 Å². The van der Waals surface area contributed by atoms with Gasteiger partial charge in [0.2, 0.25) is 5.91 Å². The Labute approximate surface area is 204 Å². The van der Waals surface area contributed by atoms with Crippen LogP contribution < -0.4 is 14.8 Å². The highest BCUT2D eigenvalue weighted by molar-refractivity contribution is 6.01. The first-order chi connectivity index (χ1) is 16.8. The third kappa shape index (κ3) is 4.69. The molecule has 1 aliphatic carbocycles. The number of hydrogen-bond donors (Lipinski definition) is 1. The fraction of sp³-hybridized carbons (Fsp3) is 0.520. The van der Waals surface area contributed by atoms with E-state index in [1.165, 1.54) is 29.2 Å². The minimum atomic E-state index is -1.24. The molecule has 0 saturated heterocycles. The van der Waals surface area contributed by atoms with Crippen LogP contribution in [0.4, 0.5) is 0 Å². The van der Waals surface area contributed by atoms with Gasteiger partial charge in [-0.1, -0.05) is 19.3 Å². The van der Waals surface area contributed by atoms with E-state index < -0.39 is 17.4 Å². The molecule has 4 rings (SSSR count). The number of amides is 2. The molecule has 2 aliphatic rings. The number of rotatable bonds is 7. The number of fused-ring (bicyclic) bond motifs is 1. The average Bonchev–Trinajstić information content (AvgIpc) is 3.30. The molecule has 1 saturated carbocycles. The molecule has 1 fully saturated rings. The van der Waals surface area contributed by atoms with E-state index in [2.05, 4.69) is 10.4 Å². The molecule has 188 valence electrons. The molecule has 2 aromatic rings. The quantitative estimate of drug-likeness (QED) is 0.601. The first-order valence-corrected chi connectivity index (χ1v) is 11.8. The van der Waals surface area contributed by atoms with Gasteiger partial charge in [-0.25, -0.2) is 4.79 Å². The fourth-order valence-corrected chi connectivity index (χ4v) is 4.83. The van der Waals surface area contributed by atoms with Gasteiger partial charge in [0, 0.05) is 23.7 Å². The maximum Gasteiger partial charge on any atom is 0.358 e. The lowest BCUT2D eigenvalue weighted by molar-refractivity contribution is -0.134. The van der Waals surface area contributed by atoms with Gasteiger partial charge in [-0.2, -0.15) is 5.10 Å². The number of methoxy groups -OCH3 is 3. The first kappa shape index (κ1) is 24.6. The predicted octanol–water partition coefficient (Wildman–Crippen LogP) is 2.55. The highest BCUT2D eigenvalue weighted by Crippen LogP contribution is 2.33. The monoisotopic (exact) mass is 484 g/mol. The molecule has 1 aromatic carbocycles. The minimum absolute atomic E-state index is 0.0229. The standard InChI is InChI=1S/C25H32N4O6/c1-25(24(32)26-17-8-6-5-7-9-17)15-29-20(13-19(27-29)23(31)35-4)22(30)28(25)14-16-10-11-18(33-2)12-21(16)34-3/h10-13,17H,5-9,14-15H2,1-4H3,(H,26,32)/t25-/m1/s1. The summed E-state index contributed by atoms with van der Waals surface area (Å²) in [7, 11) is 4.37. The molecule has 0 spiro atoms. The van der Waals surface area contributed by atoms with E-state index in [0.717, 1.165) is 31.2 Å². The summed E-state index contributed by atoms with van der Waals surface area (Å²) in [4.78, 5) is 41.1. The van der Waals surface area contributed by atoms with E-state index in [1.807, 2.05) is 6.07 Å². The smallest absolute Gasteiger partial charge is 0.358 e. The van der Waals surface area contributed by atoms with Gasteiger partial charge in [0.05, 0.1) is 34.4 Å². The second-order valence-corrected chi connectivity index (χ2v) is 9.22. The molecular formula is C25H32N4O6. The van der Waals surface area contributed by atoms with E-state index in [4.69, 9.17) is 14.2 Å². The Morgan fingerprint density at radius 3 is 2.51 bits per heavy atom. The molecule has 2 heterocycles. The van der Waals surface area contributed by atoms with Crippen LogP contribution in [0, 0.1) is 0 Å². The number of carbonyl (C=O) groups is 3. The normalized spacial score (nSPS) is 20.2. The molecule has 10 heteroatoms. The number of nitrogens with one attached hydrogen (secondary N) is 1. The van der Waals surface area contributed by atoms with Gasteiger partial charge in [0.15, 0.2) is 5.69 Å². The number of hydrogen-bond acceptors (Lipinski definition) is 7. The van der Waals surface area contributed by atoms with Crippen molar-refractivity contribution in [1.82, 2.24) is 20.0 Å². The Bertz CT molecular complexity index is 1120. The molecule has 0 radical (unpaired) electrons. The third-order valence-corrected chi connectivity index (χ3v) is 6.94. The third-order valence-electron chi connectivity index (χ3n) is 6.94. The molecule has 2 amide bonds. The van der Waals surface area contributed by atoms with Crippen molar-refractivity contribution in [2.24, 2.45) is 0 Å². The summed E-state index contributed by atoms with van der Waals surface area (Å²) in [6.07, 6.45) is 5.14. The summed E-state index contributed by atoms with van der Waals surface area (Å²) in [6, 6.07) is 6.82. The van der Waals surface area contributed by atoms with Crippen molar-refractivity contribution in [1.29, 1.82) is 0 Å². The molecule has 0 unspecified atom stereocenters. The van der Waals surface area contributed by atoms with Crippen molar-refractivity contribution < 1.29 is 28.6 Å². The molecule has 1 aliphatic heterocycles. The Morgan fingerprint density at radius 2 is 1.86 bits per heavy atom. The van der Waals surface area contributed by atoms with Crippen LogP contribution in [0.5, 0.6) is 11.5 Å². The van der Waals surface area contributed by atoms with E-state index in [1.54, 1.807) is 33.3 Å². The van der Waals surface area contributed by atoms with Crippen LogP contribution in [-0.4, -0.2) is 65.4 Å². The molecule has 1 N–H and O–H groups in total. The summed E-state index contributed by atoms with van der Waals surface area (Å²) in [5.74, 6) is -0.129. The maximum absolute atomic E-state index is 13.7. The summed E-state index contributed by atoms with van der Waals surface area (Å²) in [6.45, 7) is 1.96. The van der Waals surface area contributed by atoms with Gasteiger partial charge in [-0.05, 0) is 31.9 Å². The van der Waals surface area contributed by atoms with Crippen molar-refractivity contribution in [2.75, 3.05) is 21.3 Å². The second kappa shape index (κ2) is 9.97. The van der Waals surface area contributed by atoms with E-state index in [0.29, 0.717) is 11.5 Å². The molecule has 35 heavy (non-hydrogen) atoms. The number of benzene rings is 1. The first-order valence-electron chi connectivity index (χ1n) is 11.8. The molecule has 0 bridgehead atoms. The van der Waals surface area contributed by atoms with Crippen LogP contribution in [0.1, 0.15) is 65.6 Å². The Kier molecular flexibility index (Phi) is 7.00. The van der Waals surface area contributed by atoms with Gasteiger partial charge in [0.1, 0.15) is 22.7 Å². The lowest BCUT2D eigenvalue weighted by Gasteiger charge is -2.44. The van der Waals surface area contributed by atoms with Gasteiger partial charge in [-0.15, -0.1) is 0 Å². The summed E-state index contributed by atoms with van der Waals surface area (Å²) < 4.78 is 17.0. The van der Waals surface area contributed by atoms with Gasteiger partial charge in [-0.3, -0.25) is 14.3 Å². The molecule has 1 atom stereocenters. The highest BCUT2D eigenvalue weighted by Gasteiger charge is 2.49. The number of aromatic nitrogens is 2. The van der Waals surface area contributed by atoms with Crippen molar-refractivity contribution in [3.63, 3.8) is 0 Å². The summed E-state index contributed by atoms with van der Waals surface area (Å²) in [5.41, 5.74) is -0.276. The summed E-state index contributed by atoms with van der Waals surface area (Å²) >= 11 is 0. The van der Waals surface area contributed by atoms with Crippen molar-refractivity contribution >= 4 is 17.8 Å². The fourth-order valence-electron chi connectivity index (χ4n) is 4.83. The largest absolute Gasteiger partial charge is 0.497 e. The van der Waals surface area contributed by atoms with Crippen molar-refractivity contribution in [3.8, 4) is 11.5 Å². The van der Waals surface area contributed by atoms with Crippen LogP contribution in [-0.2, 0) is 22.6 Å². The van der Waals surface area contributed by atoms with Gasteiger partial charge < -0.3 is 24.4 Å². The SMILES string of the molecule is COC(=O)c1cc2n(n1)C[C@](C)(C(=O)NC1CCCCC1)N(Cc1ccc(OC)cc1OC)C2=O. The van der Waals surface area contributed by atoms with E-state index >= 15 is 0 Å². The second-order valence-electron chi connectivity index (χ2n) is 9.22. The number of carbonyl (C=O) groups excluding carboxylic acids is 3. The Morgan fingerprint density at radius 1 is 1.11 bits per heavy atom. The number of ether oxygens (including phenoxy) is 3. The predicted molar refractivity (Wildman–Crippen MR) is 126 cm³/mol. The van der Waals surface area contributed by atoms with Crippen molar-refractivity contribution in [3.05, 3.63) is 41.2 Å². The van der Waals surface area contributed by atoms with Gasteiger partial charge >= 0.3 is 5.97 Å². The van der Waals surface area contributed by atoms with E-state index in [9.17, 15) is 14.4 Å². The number of nitrogens with zero attached hydrogens (tertiary/aromatic N) is 3. The lowest BCUT2D eigenvalue weighted by Crippen LogP contribution is -2.64. The highest BCUT2D eigenvalue weighted by atomic mass is 16.5. The zero-order valence-corrected chi connectivity index (χ0v) is 20.6. The maximum atomic E-state index is 13.7. The molecular weight excluding hydrogens is 452 g/mol. The zero-order chi connectivity index (χ0) is 25.2. The number of esters is 1. The van der Waals surface area contributed by atoms with Crippen LogP contribution >= 0.6 is 0 Å². The Balaban J connectivity index is 1.72. The van der Waals surface area contributed by atoms with Crippen LogP contribution in [0.25, 0.3) is 0 Å². The van der Waals surface area contributed by atoms with Crippen LogP contribution in [0.15, 0.2) is 24.3 Å². The van der Waals surface area contributed by atoms with E-state index in [-0.39, 0.29) is 36.4 Å². The topological polar surface area (TPSA) is 112 Å². The molecule has 1 aromatic heterocycles. The van der Waals surface area contributed by atoms with Crippen LogP contribution in [0.2, 0.25) is 0 Å². The van der Waals surface area contributed by atoms with Gasteiger partial charge in [0.25, 0.3) is 5.91 Å². The zero-order valence-electron chi connectivity index (χ0n) is 20.6. The Hall–Kier alpha value is -3.56. The van der Waals surface area contributed by atoms with Crippen LogP contribution in [0.3, 0.4) is 0 Å². The lowest BCUT2D eigenvalue weighted by atomic mass is 9.91. The average molecular weight is 485 g/mol. The summed E-state index contributed by atoms with van der Waals surface area (Å²) in [5, 5.41) is 7.43. The minimum Gasteiger partial charge on any atom is -0.497 e.